The van der Waals surface area contributed by atoms with Crippen LogP contribution in [0.15, 0.2) is 13.2 Å². The van der Waals surface area contributed by atoms with E-state index in [4.69, 9.17) is 4.79 Å². The monoisotopic (exact) mass is 217 g/mol. The molecule has 0 saturated carbocycles. The van der Waals surface area contributed by atoms with Crippen LogP contribution in [0.25, 0.3) is 0 Å². The lowest BCUT2D eigenvalue weighted by atomic mass is 11.0. The van der Waals surface area contributed by atoms with Crippen molar-refractivity contribution in [2.24, 2.45) is 11.5 Å². The van der Waals surface area contributed by atoms with Crippen LogP contribution in [0.5, 0.6) is 0 Å². The number of rotatable bonds is 0. The third kappa shape index (κ3) is 428. The summed E-state index contributed by atoms with van der Waals surface area (Å²) in [7, 11) is 0. The number of urea groups is 1. The van der Waals surface area contributed by atoms with E-state index in [2.05, 4.69) is 40.6 Å². The van der Waals surface area contributed by atoms with E-state index in [1.54, 1.807) is 0 Å². The number of primary amides is 2. The lowest BCUT2D eigenvalue weighted by Gasteiger charge is -1.62. The Balaban J connectivity index is 0. The summed E-state index contributed by atoms with van der Waals surface area (Å²) in [5.74, 6) is 0. The largest absolute Gasteiger partial charge is 0.352 e. The molecule has 3 fully saturated rings. The highest BCUT2D eigenvalue weighted by Crippen LogP contribution is 1.65. The molecule has 0 bridgehead atoms. The Labute approximate surface area is 91.5 Å². The number of carbonyl (C=O) groups excluding carboxylic acids is 1. The average molecular weight is 217 g/mol. The lowest BCUT2D eigenvalue weighted by molar-refractivity contribution is 0.256. The minimum absolute atomic E-state index is 0.833. The van der Waals surface area contributed by atoms with Gasteiger partial charge in [-0.3, -0.25) is 0 Å². The van der Waals surface area contributed by atoms with E-state index in [-0.39, 0.29) is 0 Å². The maximum atomic E-state index is 9.00. The first-order chi connectivity index (χ1) is 7.23. The molecule has 3 aliphatic rings. The molecule has 15 heavy (non-hydrogen) atoms. The van der Waals surface area contributed by atoms with Crippen molar-refractivity contribution in [1.29, 1.82) is 0 Å². The number of nitrogens with two attached hydrogens (primary N) is 2. The van der Waals surface area contributed by atoms with Crippen LogP contribution in [0.4, 0.5) is 4.79 Å². The zero-order valence-corrected chi connectivity index (χ0v) is 9.22. The van der Waals surface area contributed by atoms with Gasteiger partial charge in [0.15, 0.2) is 0 Å². The predicted octanol–water partition coefficient (Wildman–Crippen LogP) is -1.41. The van der Waals surface area contributed by atoms with E-state index >= 15 is 0 Å². The Hall–Kier alpha value is -1.11. The molecule has 0 radical (unpaired) electrons. The van der Waals surface area contributed by atoms with E-state index in [0.29, 0.717) is 0 Å². The summed E-state index contributed by atoms with van der Waals surface area (Å²) >= 11 is 0. The summed E-state index contributed by atoms with van der Waals surface area (Å²) in [4.78, 5) is 9.00. The Bertz CT molecular complexity index is 110. The molecule has 0 aromatic heterocycles. The van der Waals surface area contributed by atoms with Crippen LogP contribution in [0, 0.1) is 0 Å². The van der Waals surface area contributed by atoms with Crippen molar-refractivity contribution in [2.75, 3.05) is 39.3 Å². The Morgan fingerprint density at radius 3 is 0.867 bits per heavy atom. The van der Waals surface area contributed by atoms with Crippen LogP contribution in [0.2, 0.25) is 0 Å². The van der Waals surface area contributed by atoms with Gasteiger partial charge in [0.25, 0.3) is 0 Å². The molecule has 0 aromatic rings. The summed E-state index contributed by atoms with van der Waals surface area (Å²) in [5, 5.41) is 9.00. The van der Waals surface area contributed by atoms with Gasteiger partial charge in [-0.25, -0.2) is 4.79 Å². The molecule has 90 valence electrons. The quantitative estimate of drug-likeness (QED) is 0.252. The molecule has 0 aromatic carbocycles. The fraction of sp³-hybridized carbons (Fsp3) is 0.667. The maximum Gasteiger partial charge on any atom is 0.309 e. The summed E-state index contributed by atoms with van der Waals surface area (Å²) in [6.45, 7) is 13.5. The minimum Gasteiger partial charge on any atom is -0.352 e. The van der Waals surface area contributed by atoms with Crippen molar-refractivity contribution in [3.05, 3.63) is 13.2 Å². The van der Waals surface area contributed by atoms with Crippen LogP contribution >= 0.6 is 0 Å². The van der Waals surface area contributed by atoms with Gasteiger partial charge in [-0.1, -0.05) is 0 Å². The number of nitrogens with one attached hydrogen (secondary N) is 3. The molecule has 3 saturated heterocycles. The van der Waals surface area contributed by atoms with Crippen molar-refractivity contribution in [2.45, 2.75) is 0 Å². The number of hydrogen-bond acceptors (Lipinski definition) is 4. The van der Waals surface area contributed by atoms with Gasteiger partial charge in [-0.05, 0) is 0 Å². The summed E-state index contributed by atoms with van der Waals surface area (Å²) in [6.07, 6.45) is 0. The van der Waals surface area contributed by atoms with Crippen molar-refractivity contribution >= 4 is 6.03 Å². The van der Waals surface area contributed by atoms with Crippen molar-refractivity contribution in [3.8, 4) is 0 Å². The molecule has 2 amide bonds. The van der Waals surface area contributed by atoms with Crippen LogP contribution < -0.4 is 27.4 Å². The molecule has 3 rings (SSSR count). The third-order valence-electron chi connectivity index (χ3n) is 0.750. The van der Waals surface area contributed by atoms with Crippen molar-refractivity contribution < 1.29 is 4.79 Å². The van der Waals surface area contributed by atoms with E-state index < -0.39 is 6.03 Å². The van der Waals surface area contributed by atoms with Gasteiger partial charge in [-0.2, -0.15) is 0 Å². The first kappa shape index (κ1) is 16.3. The smallest absolute Gasteiger partial charge is 0.309 e. The normalized spacial score (nSPS) is 16.3. The summed E-state index contributed by atoms with van der Waals surface area (Å²) in [6, 6.07) is -0.833. The second kappa shape index (κ2) is 15.4. The molecule has 0 aliphatic carbocycles. The Kier molecular flexibility index (Phi) is 16.7. The maximum absolute atomic E-state index is 9.00. The van der Waals surface area contributed by atoms with Crippen LogP contribution in [0.1, 0.15) is 0 Å². The van der Waals surface area contributed by atoms with Gasteiger partial charge in [0, 0.05) is 39.3 Å². The fourth-order valence-electron chi connectivity index (χ4n) is 0. The molecule has 7 N–H and O–H groups in total. The molecule has 3 heterocycles. The predicted molar refractivity (Wildman–Crippen MR) is 63.6 cm³/mol. The second-order valence-corrected chi connectivity index (χ2v) is 2.65. The SMILES string of the molecule is C1CN1.C1CN1.C1CN1.C=C.NC(N)=O. The zero-order valence-electron chi connectivity index (χ0n) is 9.22. The van der Waals surface area contributed by atoms with Crippen molar-refractivity contribution in [3.63, 3.8) is 0 Å². The van der Waals surface area contributed by atoms with E-state index in [9.17, 15) is 0 Å². The highest BCUT2D eigenvalue weighted by Gasteiger charge is 1.91. The third-order valence-corrected chi connectivity index (χ3v) is 0.750. The molecular formula is C9H23N5O. The van der Waals surface area contributed by atoms with Gasteiger partial charge < -0.3 is 27.4 Å². The van der Waals surface area contributed by atoms with Gasteiger partial charge in [-0.15, -0.1) is 13.2 Å². The zero-order chi connectivity index (χ0) is 11.9. The topological polar surface area (TPSA) is 135 Å². The molecule has 6 nitrogen and oxygen atoms in total. The molecule has 0 atom stereocenters. The van der Waals surface area contributed by atoms with E-state index in [1.807, 2.05) is 0 Å². The first-order valence-corrected chi connectivity index (χ1v) is 4.90. The van der Waals surface area contributed by atoms with Gasteiger partial charge in [0.2, 0.25) is 0 Å². The summed E-state index contributed by atoms with van der Waals surface area (Å²) in [5.41, 5.74) is 8.50. The Morgan fingerprint density at radius 1 is 0.800 bits per heavy atom. The highest BCUT2D eigenvalue weighted by atomic mass is 16.2. The van der Waals surface area contributed by atoms with Gasteiger partial charge in [0.1, 0.15) is 0 Å². The van der Waals surface area contributed by atoms with Crippen molar-refractivity contribution in [1.82, 2.24) is 16.0 Å². The molecule has 0 spiro atoms. The van der Waals surface area contributed by atoms with Crippen LogP contribution in [0.3, 0.4) is 0 Å². The van der Waals surface area contributed by atoms with Gasteiger partial charge in [0.05, 0.1) is 0 Å². The van der Waals surface area contributed by atoms with E-state index in [0.717, 1.165) is 0 Å². The number of amides is 2. The highest BCUT2D eigenvalue weighted by molar-refractivity contribution is 5.69. The van der Waals surface area contributed by atoms with Crippen LogP contribution in [-0.4, -0.2) is 45.3 Å². The van der Waals surface area contributed by atoms with Gasteiger partial charge >= 0.3 is 6.03 Å². The minimum atomic E-state index is -0.833. The Morgan fingerprint density at radius 2 is 0.867 bits per heavy atom. The summed E-state index contributed by atoms with van der Waals surface area (Å²) < 4.78 is 0. The fourth-order valence-corrected chi connectivity index (χ4v) is 0. The first-order valence-electron chi connectivity index (χ1n) is 4.90. The number of hydrogen-bond donors (Lipinski definition) is 5. The van der Waals surface area contributed by atoms with Crippen LogP contribution in [-0.2, 0) is 0 Å². The molecule has 3 aliphatic heterocycles. The van der Waals surface area contributed by atoms with E-state index in [1.165, 1.54) is 39.3 Å². The molecular weight excluding hydrogens is 194 g/mol. The number of carbonyl (C=O) groups is 1. The second-order valence-electron chi connectivity index (χ2n) is 2.65. The molecule has 0 unspecified atom stereocenters. The lowest BCUT2D eigenvalue weighted by Crippen LogP contribution is -2.18. The molecule has 6 heteroatoms. The standard InChI is InChI=1S/3C2H5N.C2H4.CH4N2O/c3*1-2-3-1;1-2;2-1(3)4/h3*3H,1-2H2;1-2H2;(H4,2,3,4). The average Bonchev–Trinajstić information content (AvgIpc) is 3.14.